The van der Waals surface area contributed by atoms with E-state index in [0.717, 1.165) is 0 Å². The molecule has 5 heteroatoms. The second-order valence-corrected chi connectivity index (χ2v) is 3.17. The zero-order chi connectivity index (χ0) is 10.8. The highest BCUT2D eigenvalue weighted by molar-refractivity contribution is 5.84. The zero-order valence-corrected chi connectivity index (χ0v) is 7.79. The Morgan fingerprint density at radius 2 is 2.27 bits per heavy atom. The van der Waals surface area contributed by atoms with Crippen molar-refractivity contribution in [2.45, 2.75) is 6.10 Å². The molecular formula is C10H9NO4. The van der Waals surface area contributed by atoms with E-state index < -0.39 is 12.1 Å². The van der Waals surface area contributed by atoms with Crippen molar-refractivity contribution in [3.8, 4) is 5.75 Å². The van der Waals surface area contributed by atoms with E-state index in [1.54, 1.807) is 24.3 Å². The minimum atomic E-state index is -1.07. The van der Waals surface area contributed by atoms with Crippen LogP contribution in [-0.4, -0.2) is 30.1 Å². The summed E-state index contributed by atoms with van der Waals surface area (Å²) in [5.74, 6) is -0.653. The van der Waals surface area contributed by atoms with Gasteiger partial charge in [-0.2, -0.15) is 0 Å². The molecule has 0 bridgehead atoms. The number of aliphatic carboxylic acids is 1. The van der Waals surface area contributed by atoms with Crippen molar-refractivity contribution < 1.29 is 19.4 Å². The first kappa shape index (κ1) is 9.51. The first-order chi connectivity index (χ1) is 7.22. The number of hydrogen-bond donors (Lipinski definition) is 1. The molecule has 0 radical (unpaired) electrons. The molecule has 1 amide bonds. The molecule has 0 saturated carbocycles. The first-order valence-corrected chi connectivity index (χ1v) is 4.43. The Labute approximate surface area is 85.9 Å². The van der Waals surface area contributed by atoms with Gasteiger partial charge in [-0.15, -0.1) is 0 Å². The highest BCUT2D eigenvalue weighted by atomic mass is 16.5. The second-order valence-electron chi connectivity index (χ2n) is 3.17. The molecule has 1 aromatic rings. The van der Waals surface area contributed by atoms with Crippen molar-refractivity contribution in [1.82, 2.24) is 0 Å². The first-order valence-electron chi connectivity index (χ1n) is 4.43. The smallest absolute Gasteiger partial charge is 0.346 e. The number of anilines is 1. The molecule has 1 atom stereocenters. The summed E-state index contributed by atoms with van der Waals surface area (Å²) in [6.45, 7) is 0.0375. The number of carbonyl (C=O) groups is 2. The number of benzene rings is 1. The number of fused-ring (bicyclic) bond motifs is 1. The van der Waals surface area contributed by atoms with Crippen molar-refractivity contribution in [1.29, 1.82) is 0 Å². The van der Waals surface area contributed by atoms with E-state index >= 15 is 0 Å². The highest BCUT2D eigenvalue weighted by Crippen LogP contribution is 2.31. The summed E-state index contributed by atoms with van der Waals surface area (Å²) in [6.07, 6.45) is -0.387. The maximum Gasteiger partial charge on any atom is 0.346 e. The third kappa shape index (κ3) is 1.63. The maximum absolute atomic E-state index is 10.8. The lowest BCUT2D eigenvalue weighted by Crippen LogP contribution is -2.43. The number of ether oxygens (including phenoxy) is 1. The Morgan fingerprint density at radius 1 is 1.53 bits per heavy atom. The minimum absolute atomic E-state index is 0.0375. The van der Waals surface area contributed by atoms with Gasteiger partial charge in [0.1, 0.15) is 5.75 Å². The largest absolute Gasteiger partial charge is 0.478 e. The van der Waals surface area contributed by atoms with E-state index in [0.29, 0.717) is 17.8 Å². The van der Waals surface area contributed by atoms with Crippen molar-refractivity contribution in [2.75, 3.05) is 11.4 Å². The van der Waals surface area contributed by atoms with Crippen molar-refractivity contribution >= 4 is 18.1 Å². The van der Waals surface area contributed by atoms with Crippen LogP contribution >= 0.6 is 0 Å². The molecule has 78 valence electrons. The van der Waals surface area contributed by atoms with Crippen LogP contribution in [0.5, 0.6) is 5.75 Å². The Hall–Kier alpha value is -2.04. The summed E-state index contributed by atoms with van der Waals surface area (Å²) in [6, 6.07) is 6.84. The van der Waals surface area contributed by atoms with E-state index in [-0.39, 0.29) is 6.54 Å². The quantitative estimate of drug-likeness (QED) is 0.717. The van der Waals surface area contributed by atoms with E-state index in [1.165, 1.54) is 4.90 Å². The van der Waals surface area contributed by atoms with Crippen LogP contribution in [0, 0.1) is 0 Å². The Balaban J connectivity index is 2.38. The lowest BCUT2D eigenvalue weighted by molar-refractivity contribution is -0.144. The van der Waals surface area contributed by atoms with Gasteiger partial charge in [-0.25, -0.2) is 4.79 Å². The number of carboxylic acids is 1. The summed E-state index contributed by atoms with van der Waals surface area (Å²) < 4.78 is 5.23. The van der Waals surface area contributed by atoms with Gasteiger partial charge in [-0.05, 0) is 12.1 Å². The standard InChI is InChI=1S/C10H9NO4/c12-6-11-5-9(10(13)14)15-8-4-2-1-3-7(8)11/h1-4,6,9H,5H2,(H,13,14)/t9-/m1/s1. The van der Waals surface area contributed by atoms with Crippen LogP contribution in [0.4, 0.5) is 5.69 Å². The number of carbonyl (C=O) groups excluding carboxylic acids is 1. The topological polar surface area (TPSA) is 66.8 Å². The predicted octanol–water partition coefficient (Wildman–Crippen LogP) is 0.495. The van der Waals surface area contributed by atoms with Gasteiger partial charge in [-0.3, -0.25) is 4.79 Å². The molecule has 0 unspecified atom stereocenters. The third-order valence-electron chi connectivity index (χ3n) is 2.21. The predicted molar refractivity (Wildman–Crippen MR) is 51.9 cm³/mol. The number of amides is 1. The van der Waals surface area contributed by atoms with Crippen LogP contribution in [0.15, 0.2) is 24.3 Å². The van der Waals surface area contributed by atoms with Crippen LogP contribution < -0.4 is 9.64 Å². The molecule has 0 aliphatic carbocycles. The van der Waals surface area contributed by atoms with Crippen molar-refractivity contribution in [3.05, 3.63) is 24.3 Å². The Kier molecular flexibility index (Phi) is 2.29. The van der Waals surface area contributed by atoms with Gasteiger partial charge in [0.25, 0.3) is 0 Å². The van der Waals surface area contributed by atoms with Crippen molar-refractivity contribution in [2.24, 2.45) is 0 Å². The van der Waals surface area contributed by atoms with Gasteiger partial charge in [-0.1, -0.05) is 12.1 Å². The number of para-hydroxylation sites is 2. The molecule has 0 spiro atoms. The Morgan fingerprint density at radius 3 is 2.93 bits per heavy atom. The molecule has 5 nitrogen and oxygen atoms in total. The molecule has 1 N–H and O–H groups in total. The van der Waals surface area contributed by atoms with E-state index in [9.17, 15) is 9.59 Å². The zero-order valence-electron chi connectivity index (χ0n) is 7.79. The van der Waals surface area contributed by atoms with Crippen LogP contribution in [0.3, 0.4) is 0 Å². The molecule has 1 aliphatic rings. The van der Waals surface area contributed by atoms with Gasteiger partial charge in [0.05, 0.1) is 12.2 Å². The minimum Gasteiger partial charge on any atom is -0.478 e. The fourth-order valence-electron chi connectivity index (χ4n) is 1.49. The highest BCUT2D eigenvalue weighted by Gasteiger charge is 2.29. The van der Waals surface area contributed by atoms with Crippen LogP contribution in [0.25, 0.3) is 0 Å². The second kappa shape index (κ2) is 3.61. The molecule has 15 heavy (non-hydrogen) atoms. The summed E-state index contributed by atoms with van der Waals surface area (Å²) in [7, 11) is 0. The number of nitrogens with zero attached hydrogens (tertiary/aromatic N) is 1. The monoisotopic (exact) mass is 207 g/mol. The molecular weight excluding hydrogens is 198 g/mol. The van der Waals surface area contributed by atoms with Crippen LogP contribution in [0.2, 0.25) is 0 Å². The number of carboxylic acid groups (broad SMARTS) is 1. The van der Waals surface area contributed by atoms with Crippen LogP contribution in [0.1, 0.15) is 0 Å². The summed E-state index contributed by atoms with van der Waals surface area (Å²) in [5.41, 5.74) is 0.602. The lowest BCUT2D eigenvalue weighted by atomic mass is 10.2. The normalized spacial score (nSPS) is 18.9. The molecule has 2 rings (SSSR count). The summed E-state index contributed by atoms with van der Waals surface area (Å²) >= 11 is 0. The van der Waals surface area contributed by atoms with Crippen molar-refractivity contribution in [3.63, 3.8) is 0 Å². The third-order valence-corrected chi connectivity index (χ3v) is 2.21. The van der Waals surface area contributed by atoms with Gasteiger partial charge < -0.3 is 14.7 Å². The molecule has 0 fully saturated rings. The number of rotatable bonds is 2. The molecule has 0 saturated heterocycles. The Bertz CT molecular complexity index is 404. The van der Waals surface area contributed by atoms with E-state index in [2.05, 4.69) is 0 Å². The number of hydrogen-bond acceptors (Lipinski definition) is 3. The average Bonchev–Trinajstić information content (AvgIpc) is 2.27. The molecule has 1 heterocycles. The summed E-state index contributed by atoms with van der Waals surface area (Å²) in [5, 5.41) is 8.81. The van der Waals surface area contributed by atoms with Gasteiger partial charge >= 0.3 is 5.97 Å². The SMILES string of the molecule is O=CN1C[C@H](C(=O)O)Oc2ccccc21. The van der Waals surface area contributed by atoms with Gasteiger partial charge in [0.15, 0.2) is 0 Å². The summed E-state index contributed by atoms with van der Waals surface area (Å²) in [4.78, 5) is 22.9. The van der Waals surface area contributed by atoms with Gasteiger partial charge in [0, 0.05) is 0 Å². The molecule has 1 aliphatic heterocycles. The lowest BCUT2D eigenvalue weighted by Gasteiger charge is -2.30. The molecule has 0 aromatic heterocycles. The molecule has 1 aromatic carbocycles. The van der Waals surface area contributed by atoms with E-state index in [4.69, 9.17) is 9.84 Å². The fraction of sp³-hybridized carbons (Fsp3) is 0.200. The maximum atomic E-state index is 10.8. The van der Waals surface area contributed by atoms with Crippen LogP contribution in [-0.2, 0) is 9.59 Å². The van der Waals surface area contributed by atoms with E-state index in [1.807, 2.05) is 0 Å². The van der Waals surface area contributed by atoms with Gasteiger partial charge in [0.2, 0.25) is 12.5 Å². The average molecular weight is 207 g/mol. The fourth-order valence-corrected chi connectivity index (χ4v) is 1.49.